The molecule has 3 N–H and O–H groups in total. The smallest absolute Gasteiger partial charge is 0.327 e. The molecule has 1 saturated heterocycles. The molecule has 3 aromatic heterocycles. The summed E-state index contributed by atoms with van der Waals surface area (Å²) in [5.74, 6) is -1.03. The van der Waals surface area contributed by atoms with Gasteiger partial charge in [-0.05, 0) is 55.9 Å². The number of pyridine rings is 1. The van der Waals surface area contributed by atoms with Crippen LogP contribution in [0.2, 0.25) is 0 Å². The molecule has 0 aliphatic carbocycles. The standard InChI is InChI=1S/C28H33F2N7O2/c1-2-18-15-32-26-22(9-8-17(16-36(18)26)20-5-3-6-21(29)24(20)30)33-27(38)35-13-10-19(11-14-35)37-23-7-4-12-31-25(23)34-28(37)39/h3-7,12,15,17,19,22,27,33,38H,2,8-11,13-14,16H2,1H3,(H,31,34,39)/t17-,22-,27?/m1/s1. The van der Waals surface area contributed by atoms with E-state index in [4.69, 9.17) is 0 Å². The van der Waals surface area contributed by atoms with Gasteiger partial charge in [-0.25, -0.2) is 23.5 Å². The zero-order chi connectivity index (χ0) is 27.1. The zero-order valence-electron chi connectivity index (χ0n) is 21.9. The summed E-state index contributed by atoms with van der Waals surface area (Å²) in [6.07, 6.45) is 6.00. The van der Waals surface area contributed by atoms with E-state index in [0.717, 1.165) is 29.5 Å². The summed E-state index contributed by atoms with van der Waals surface area (Å²) in [4.78, 5) is 26.3. The van der Waals surface area contributed by atoms with Crippen LogP contribution in [-0.4, -0.2) is 53.5 Å². The van der Waals surface area contributed by atoms with Gasteiger partial charge in [0.15, 0.2) is 23.6 Å². The molecule has 5 heterocycles. The molecule has 0 radical (unpaired) electrons. The number of rotatable bonds is 6. The van der Waals surface area contributed by atoms with Crippen LogP contribution in [0.4, 0.5) is 8.78 Å². The minimum absolute atomic E-state index is 0.0183. The van der Waals surface area contributed by atoms with Crippen molar-refractivity contribution in [2.24, 2.45) is 0 Å². The Kier molecular flexibility index (Phi) is 7.05. The average Bonchev–Trinajstić information content (AvgIpc) is 3.45. The predicted molar refractivity (Wildman–Crippen MR) is 142 cm³/mol. The first kappa shape index (κ1) is 25.8. The molecule has 0 saturated carbocycles. The van der Waals surface area contributed by atoms with E-state index in [2.05, 4.69) is 24.8 Å². The minimum Gasteiger partial charge on any atom is -0.365 e. The monoisotopic (exact) mass is 537 g/mol. The molecule has 1 aromatic carbocycles. The maximum absolute atomic E-state index is 14.7. The van der Waals surface area contributed by atoms with E-state index in [1.54, 1.807) is 22.9 Å². The van der Waals surface area contributed by atoms with E-state index in [1.807, 2.05) is 30.2 Å². The number of likely N-dealkylation sites (tertiary alicyclic amines) is 1. The molecule has 206 valence electrons. The average molecular weight is 538 g/mol. The van der Waals surface area contributed by atoms with E-state index in [9.17, 15) is 18.7 Å². The van der Waals surface area contributed by atoms with Gasteiger partial charge in [-0.1, -0.05) is 19.1 Å². The number of aromatic nitrogens is 5. The Morgan fingerprint density at radius 2 is 1.95 bits per heavy atom. The topological polar surface area (TPSA) is 104 Å². The summed E-state index contributed by atoms with van der Waals surface area (Å²) in [7, 11) is 0. The van der Waals surface area contributed by atoms with E-state index >= 15 is 0 Å². The molecule has 1 fully saturated rings. The first-order valence-corrected chi connectivity index (χ1v) is 13.7. The van der Waals surface area contributed by atoms with Crippen molar-refractivity contribution in [2.45, 2.75) is 69.9 Å². The van der Waals surface area contributed by atoms with Crippen molar-refractivity contribution < 1.29 is 13.9 Å². The van der Waals surface area contributed by atoms with Crippen LogP contribution in [-0.2, 0) is 13.0 Å². The van der Waals surface area contributed by atoms with Crippen molar-refractivity contribution in [1.82, 2.24) is 34.3 Å². The van der Waals surface area contributed by atoms with Crippen LogP contribution in [0.1, 0.15) is 67.7 Å². The second-order valence-electron chi connectivity index (χ2n) is 10.5. The first-order chi connectivity index (χ1) is 18.9. The number of aryl methyl sites for hydroxylation is 1. The highest BCUT2D eigenvalue weighted by molar-refractivity contribution is 5.70. The van der Waals surface area contributed by atoms with Gasteiger partial charge in [-0.2, -0.15) is 0 Å². The van der Waals surface area contributed by atoms with Gasteiger partial charge >= 0.3 is 5.69 Å². The van der Waals surface area contributed by atoms with Crippen molar-refractivity contribution >= 4 is 11.2 Å². The quantitative estimate of drug-likeness (QED) is 0.325. The van der Waals surface area contributed by atoms with Crippen molar-refractivity contribution in [3.63, 3.8) is 0 Å². The summed E-state index contributed by atoms with van der Waals surface area (Å²) in [6.45, 7) is 3.77. The Bertz CT molecular complexity index is 1520. The van der Waals surface area contributed by atoms with Crippen LogP contribution >= 0.6 is 0 Å². The molecule has 9 nitrogen and oxygen atoms in total. The molecular weight excluding hydrogens is 504 g/mol. The van der Waals surface area contributed by atoms with Crippen LogP contribution in [0.3, 0.4) is 0 Å². The Labute approximate surface area is 224 Å². The zero-order valence-corrected chi connectivity index (χ0v) is 21.9. The van der Waals surface area contributed by atoms with Crippen molar-refractivity contribution in [1.29, 1.82) is 0 Å². The number of benzene rings is 1. The molecule has 2 aliphatic heterocycles. The number of piperidine rings is 1. The molecule has 0 spiro atoms. The Morgan fingerprint density at radius 3 is 2.74 bits per heavy atom. The van der Waals surface area contributed by atoms with Gasteiger partial charge in [0, 0.05) is 49.7 Å². The lowest BCUT2D eigenvalue weighted by molar-refractivity contribution is -0.0473. The first-order valence-electron chi connectivity index (χ1n) is 13.7. The van der Waals surface area contributed by atoms with Crippen molar-refractivity contribution in [3.05, 3.63) is 81.9 Å². The third-order valence-electron chi connectivity index (χ3n) is 8.32. The number of halogens is 2. The van der Waals surface area contributed by atoms with Crippen molar-refractivity contribution in [3.8, 4) is 0 Å². The second-order valence-corrected chi connectivity index (χ2v) is 10.5. The molecule has 11 heteroatoms. The SMILES string of the molecule is CCc1cnc2n1C[C@H](c1cccc(F)c1F)CC[C@H]2NC(O)N1CCC(n2c(=O)[nH]c3ncccc32)CC1. The van der Waals surface area contributed by atoms with Gasteiger partial charge in [0.1, 0.15) is 5.82 Å². The predicted octanol–water partition coefficient (Wildman–Crippen LogP) is 3.58. The van der Waals surface area contributed by atoms with Crippen LogP contribution in [0.25, 0.3) is 11.2 Å². The molecule has 6 rings (SSSR count). The molecule has 39 heavy (non-hydrogen) atoms. The van der Waals surface area contributed by atoms with Crippen LogP contribution in [0.5, 0.6) is 0 Å². The lowest BCUT2D eigenvalue weighted by Gasteiger charge is -2.36. The van der Waals surface area contributed by atoms with E-state index in [-0.39, 0.29) is 23.7 Å². The number of aliphatic hydroxyl groups is 1. The summed E-state index contributed by atoms with van der Waals surface area (Å²) in [5, 5.41) is 14.6. The van der Waals surface area contributed by atoms with Crippen molar-refractivity contribution in [2.75, 3.05) is 13.1 Å². The van der Waals surface area contributed by atoms with Gasteiger partial charge in [-0.3, -0.25) is 19.8 Å². The number of H-pyrrole nitrogens is 1. The highest BCUT2D eigenvalue weighted by Gasteiger charge is 2.33. The molecule has 4 aromatic rings. The molecule has 3 atom stereocenters. The molecular formula is C28H33F2N7O2. The largest absolute Gasteiger partial charge is 0.365 e. The number of hydrogen-bond donors (Lipinski definition) is 3. The maximum Gasteiger partial charge on any atom is 0.327 e. The number of aromatic amines is 1. The van der Waals surface area contributed by atoms with Crippen LogP contribution in [0, 0.1) is 11.6 Å². The summed E-state index contributed by atoms with van der Waals surface area (Å²) >= 11 is 0. The Morgan fingerprint density at radius 1 is 1.13 bits per heavy atom. The molecule has 0 amide bonds. The highest BCUT2D eigenvalue weighted by atomic mass is 19.2. The number of hydrogen-bond acceptors (Lipinski definition) is 6. The van der Waals surface area contributed by atoms with Crippen LogP contribution in [0.15, 0.2) is 47.5 Å². The number of imidazole rings is 2. The minimum atomic E-state index is -0.907. The van der Waals surface area contributed by atoms with E-state index < -0.39 is 18.0 Å². The third kappa shape index (κ3) is 4.79. The Balaban J connectivity index is 1.16. The normalized spacial score (nSPS) is 21.6. The fourth-order valence-electron chi connectivity index (χ4n) is 6.25. The number of aliphatic hydroxyl groups excluding tert-OH is 1. The maximum atomic E-state index is 14.7. The van der Waals surface area contributed by atoms with Gasteiger partial charge in [0.05, 0.1) is 11.6 Å². The summed E-state index contributed by atoms with van der Waals surface area (Å²) < 4.78 is 32.6. The second kappa shape index (κ2) is 10.6. The number of nitrogens with one attached hydrogen (secondary N) is 2. The van der Waals surface area contributed by atoms with Gasteiger partial charge in [-0.15, -0.1) is 0 Å². The molecule has 2 aliphatic rings. The number of fused-ring (bicyclic) bond motifs is 2. The lowest BCUT2D eigenvalue weighted by atomic mass is 9.92. The lowest BCUT2D eigenvalue weighted by Crippen LogP contribution is -2.50. The third-order valence-corrected chi connectivity index (χ3v) is 8.32. The summed E-state index contributed by atoms with van der Waals surface area (Å²) in [5.41, 5.74) is 2.61. The fourth-order valence-corrected chi connectivity index (χ4v) is 6.25. The number of nitrogens with zero attached hydrogens (tertiary/aromatic N) is 5. The van der Waals surface area contributed by atoms with Crippen LogP contribution < -0.4 is 11.0 Å². The molecule has 0 bridgehead atoms. The molecule has 1 unspecified atom stereocenters. The Hall–Kier alpha value is -3.41. The van der Waals surface area contributed by atoms with E-state index in [0.29, 0.717) is 56.5 Å². The van der Waals surface area contributed by atoms with Gasteiger partial charge in [0.25, 0.3) is 0 Å². The summed E-state index contributed by atoms with van der Waals surface area (Å²) in [6, 6.07) is 7.84. The van der Waals surface area contributed by atoms with E-state index in [1.165, 1.54) is 0 Å². The van der Waals surface area contributed by atoms with Gasteiger partial charge < -0.3 is 9.67 Å². The van der Waals surface area contributed by atoms with Gasteiger partial charge in [0.2, 0.25) is 0 Å². The highest BCUT2D eigenvalue weighted by Crippen LogP contribution is 2.35. The fraction of sp³-hybridized carbons (Fsp3) is 0.464.